The highest BCUT2D eigenvalue weighted by molar-refractivity contribution is 6.31. The number of nitrogens with one attached hydrogen (secondary N) is 1. The van der Waals surface area contributed by atoms with Crippen molar-refractivity contribution in [1.82, 2.24) is 0 Å². The number of carbonyl (C=O) groups is 2. The fourth-order valence-corrected chi connectivity index (χ4v) is 1.93. The molecule has 0 fully saturated rings. The van der Waals surface area contributed by atoms with E-state index in [1.807, 2.05) is 0 Å². The lowest BCUT2D eigenvalue weighted by Gasteiger charge is -2.10. The van der Waals surface area contributed by atoms with Gasteiger partial charge in [0.05, 0.1) is 23.9 Å². The van der Waals surface area contributed by atoms with Crippen LogP contribution in [0.3, 0.4) is 0 Å². The van der Waals surface area contributed by atoms with E-state index >= 15 is 0 Å². The number of aromatic hydroxyl groups is 1. The molecule has 21 heavy (non-hydrogen) atoms. The van der Waals surface area contributed by atoms with Crippen LogP contribution in [0.15, 0.2) is 42.5 Å². The number of rotatable bonds is 3. The first-order chi connectivity index (χ1) is 10.0. The zero-order chi connectivity index (χ0) is 15.4. The van der Waals surface area contributed by atoms with Gasteiger partial charge in [-0.05, 0) is 30.3 Å². The van der Waals surface area contributed by atoms with Crippen molar-refractivity contribution in [1.29, 1.82) is 0 Å². The Kier molecular flexibility index (Phi) is 4.45. The van der Waals surface area contributed by atoms with Gasteiger partial charge in [0.15, 0.2) is 0 Å². The lowest BCUT2D eigenvalue weighted by Crippen LogP contribution is -2.15. The number of hydrogen-bond donors (Lipinski definition) is 2. The van der Waals surface area contributed by atoms with E-state index in [-0.39, 0.29) is 22.6 Å². The molecule has 0 radical (unpaired) electrons. The Morgan fingerprint density at radius 2 is 1.86 bits per heavy atom. The second-order valence-corrected chi connectivity index (χ2v) is 4.59. The molecule has 1 amide bonds. The molecular weight excluding hydrogens is 294 g/mol. The Balaban J connectivity index is 2.32. The first kappa shape index (κ1) is 14.9. The summed E-state index contributed by atoms with van der Waals surface area (Å²) in [6.07, 6.45) is 0. The summed E-state index contributed by atoms with van der Waals surface area (Å²) < 4.78 is 4.65. The van der Waals surface area contributed by atoms with Crippen molar-refractivity contribution in [2.45, 2.75) is 0 Å². The van der Waals surface area contributed by atoms with Crippen molar-refractivity contribution in [3.8, 4) is 5.75 Å². The first-order valence-electron chi connectivity index (χ1n) is 6.00. The van der Waals surface area contributed by atoms with Crippen LogP contribution in [0, 0.1) is 0 Å². The molecule has 0 aliphatic rings. The van der Waals surface area contributed by atoms with E-state index in [0.717, 1.165) is 0 Å². The molecule has 0 aliphatic carbocycles. The van der Waals surface area contributed by atoms with Gasteiger partial charge in [-0.3, -0.25) is 4.79 Å². The number of carbonyl (C=O) groups excluding carboxylic acids is 2. The van der Waals surface area contributed by atoms with Crippen molar-refractivity contribution < 1.29 is 19.4 Å². The number of halogens is 1. The van der Waals surface area contributed by atoms with Gasteiger partial charge >= 0.3 is 5.97 Å². The molecule has 108 valence electrons. The molecule has 0 aromatic heterocycles. The zero-order valence-corrected chi connectivity index (χ0v) is 11.8. The van der Waals surface area contributed by atoms with E-state index in [1.165, 1.54) is 31.4 Å². The van der Waals surface area contributed by atoms with Gasteiger partial charge in [0.25, 0.3) is 5.91 Å². The van der Waals surface area contributed by atoms with Gasteiger partial charge in [0, 0.05) is 5.02 Å². The highest BCUT2D eigenvalue weighted by atomic mass is 35.5. The molecule has 2 N–H and O–H groups in total. The molecule has 0 saturated carbocycles. The number of hydrogen-bond acceptors (Lipinski definition) is 4. The molecule has 0 saturated heterocycles. The molecule has 0 heterocycles. The van der Waals surface area contributed by atoms with Crippen LogP contribution < -0.4 is 5.32 Å². The van der Waals surface area contributed by atoms with Gasteiger partial charge in [0.1, 0.15) is 5.75 Å². The molecule has 2 aromatic rings. The Morgan fingerprint density at radius 3 is 2.57 bits per heavy atom. The Hall–Kier alpha value is -2.53. The van der Waals surface area contributed by atoms with Gasteiger partial charge in [-0.25, -0.2) is 4.79 Å². The van der Waals surface area contributed by atoms with Crippen LogP contribution in [0.4, 0.5) is 5.69 Å². The third-order valence-corrected chi connectivity index (χ3v) is 3.02. The molecule has 0 atom stereocenters. The summed E-state index contributed by atoms with van der Waals surface area (Å²) >= 11 is 5.80. The third-order valence-electron chi connectivity index (χ3n) is 2.78. The zero-order valence-electron chi connectivity index (χ0n) is 11.1. The highest BCUT2D eigenvalue weighted by Gasteiger charge is 2.16. The summed E-state index contributed by atoms with van der Waals surface area (Å²) in [5, 5.41) is 12.6. The second-order valence-electron chi connectivity index (χ2n) is 4.15. The molecule has 2 rings (SSSR count). The van der Waals surface area contributed by atoms with Gasteiger partial charge < -0.3 is 15.2 Å². The monoisotopic (exact) mass is 305 g/mol. The maximum Gasteiger partial charge on any atom is 0.339 e. The molecule has 6 heteroatoms. The number of phenolic OH excluding ortho intramolecular Hbond substituents is 1. The summed E-state index contributed by atoms with van der Waals surface area (Å²) in [7, 11) is 1.25. The van der Waals surface area contributed by atoms with Crippen LogP contribution in [-0.4, -0.2) is 24.1 Å². The van der Waals surface area contributed by atoms with Gasteiger partial charge in [-0.2, -0.15) is 0 Å². The van der Waals surface area contributed by atoms with E-state index in [1.54, 1.807) is 18.2 Å². The van der Waals surface area contributed by atoms with Crippen LogP contribution in [0.2, 0.25) is 5.02 Å². The average Bonchev–Trinajstić information content (AvgIpc) is 2.49. The molecule has 2 aromatic carbocycles. The first-order valence-corrected chi connectivity index (χ1v) is 6.38. The van der Waals surface area contributed by atoms with Crippen LogP contribution in [-0.2, 0) is 4.74 Å². The number of phenols is 1. The van der Waals surface area contributed by atoms with Crippen LogP contribution >= 0.6 is 11.6 Å². The van der Waals surface area contributed by atoms with Crippen LogP contribution in [0.5, 0.6) is 5.75 Å². The van der Waals surface area contributed by atoms with Crippen molar-refractivity contribution in [2.24, 2.45) is 0 Å². The standard InChI is InChI=1S/C15H12ClNO4/c1-21-15(20)10-4-2-3-5-12(10)17-14(19)11-8-9(16)6-7-13(11)18/h2-8,18H,1H3,(H,17,19). The van der Waals surface area contributed by atoms with Crippen molar-refractivity contribution in [3.63, 3.8) is 0 Å². The lowest BCUT2D eigenvalue weighted by atomic mass is 10.1. The number of para-hydroxylation sites is 1. The van der Waals surface area contributed by atoms with E-state index in [9.17, 15) is 14.7 Å². The molecule has 0 unspecified atom stereocenters. The molecule has 0 spiro atoms. The van der Waals surface area contributed by atoms with Crippen molar-refractivity contribution in [2.75, 3.05) is 12.4 Å². The second kappa shape index (κ2) is 6.28. The van der Waals surface area contributed by atoms with Gasteiger partial charge in [0.2, 0.25) is 0 Å². The summed E-state index contributed by atoms with van der Waals surface area (Å²) in [5.41, 5.74) is 0.519. The smallest absolute Gasteiger partial charge is 0.339 e. The van der Waals surface area contributed by atoms with Gasteiger partial charge in [-0.1, -0.05) is 23.7 Å². The van der Waals surface area contributed by atoms with E-state index in [0.29, 0.717) is 5.02 Å². The minimum Gasteiger partial charge on any atom is -0.507 e. The number of amides is 1. The van der Waals surface area contributed by atoms with E-state index in [4.69, 9.17) is 11.6 Å². The van der Waals surface area contributed by atoms with Crippen molar-refractivity contribution >= 4 is 29.2 Å². The number of ether oxygens (including phenoxy) is 1. The maximum absolute atomic E-state index is 12.2. The SMILES string of the molecule is COC(=O)c1ccccc1NC(=O)c1cc(Cl)ccc1O. The Bertz CT molecular complexity index is 700. The topological polar surface area (TPSA) is 75.6 Å². The Labute approximate surface area is 126 Å². The number of anilines is 1. The molecule has 0 bridgehead atoms. The van der Waals surface area contributed by atoms with Crippen LogP contribution in [0.1, 0.15) is 20.7 Å². The van der Waals surface area contributed by atoms with E-state index in [2.05, 4.69) is 10.1 Å². The largest absolute Gasteiger partial charge is 0.507 e. The summed E-state index contributed by atoms with van der Waals surface area (Å²) in [6, 6.07) is 10.5. The number of methoxy groups -OCH3 is 1. The third kappa shape index (κ3) is 3.32. The predicted molar refractivity (Wildman–Crippen MR) is 78.9 cm³/mol. The minimum atomic E-state index is -0.577. The maximum atomic E-state index is 12.2. The highest BCUT2D eigenvalue weighted by Crippen LogP contribution is 2.24. The predicted octanol–water partition coefficient (Wildman–Crippen LogP) is 3.08. The molecular formula is C15H12ClNO4. The van der Waals surface area contributed by atoms with Crippen LogP contribution in [0.25, 0.3) is 0 Å². The number of benzene rings is 2. The average molecular weight is 306 g/mol. The fourth-order valence-electron chi connectivity index (χ4n) is 1.76. The van der Waals surface area contributed by atoms with Gasteiger partial charge in [-0.15, -0.1) is 0 Å². The number of esters is 1. The Morgan fingerprint density at radius 1 is 1.14 bits per heavy atom. The molecule has 0 aliphatic heterocycles. The van der Waals surface area contributed by atoms with Crippen molar-refractivity contribution in [3.05, 3.63) is 58.6 Å². The normalized spacial score (nSPS) is 10.0. The molecule has 5 nitrogen and oxygen atoms in total. The van der Waals surface area contributed by atoms with E-state index < -0.39 is 11.9 Å². The summed E-state index contributed by atoms with van der Waals surface area (Å²) in [4.78, 5) is 23.8. The quantitative estimate of drug-likeness (QED) is 0.854. The minimum absolute atomic E-state index is 0.0159. The fraction of sp³-hybridized carbons (Fsp3) is 0.0667. The summed E-state index contributed by atoms with van der Waals surface area (Å²) in [6.45, 7) is 0. The lowest BCUT2D eigenvalue weighted by molar-refractivity contribution is 0.0602. The summed E-state index contributed by atoms with van der Waals surface area (Å²) in [5.74, 6) is -1.35.